The minimum absolute atomic E-state index is 0.287. The average Bonchev–Trinajstić information content (AvgIpc) is 2.66. The molecule has 0 aliphatic carbocycles. The number of aromatic nitrogens is 2. The third-order valence-electron chi connectivity index (χ3n) is 3.52. The van der Waals surface area contributed by atoms with Crippen LogP contribution in [0.15, 0.2) is 0 Å². The summed E-state index contributed by atoms with van der Waals surface area (Å²) in [6, 6.07) is 0. The monoisotopic (exact) mass is 320 g/mol. The van der Waals surface area contributed by atoms with Crippen molar-refractivity contribution in [3.63, 3.8) is 0 Å². The van der Waals surface area contributed by atoms with Gasteiger partial charge in [0.15, 0.2) is 0 Å². The maximum atomic E-state index is 10.5. The molecule has 1 aliphatic rings. The minimum atomic E-state index is -0.356. The van der Waals surface area contributed by atoms with Crippen LogP contribution >= 0.6 is 35.1 Å². The zero-order valence-corrected chi connectivity index (χ0v) is 14.0. The van der Waals surface area contributed by atoms with E-state index in [1.807, 2.05) is 42.2 Å². The maximum Gasteiger partial charge on any atom is 0.0850 e. The van der Waals surface area contributed by atoms with Crippen LogP contribution in [0.3, 0.4) is 0 Å². The number of aliphatic hydroxyl groups excluding tert-OH is 1. The second-order valence-corrected chi connectivity index (χ2v) is 8.02. The number of hydrogen-bond acceptors (Lipinski definition) is 4. The molecule has 1 aromatic rings. The molecule has 1 fully saturated rings. The number of aryl methyl sites for hydroxylation is 2. The zero-order valence-electron chi connectivity index (χ0n) is 11.6. The van der Waals surface area contributed by atoms with Crippen molar-refractivity contribution < 1.29 is 5.11 Å². The quantitative estimate of drug-likeness (QED) is 0.925. The van der Waals surface area contributed by atoms with Crippen LogP contribution in [0.5, 0.6) is 0 Å². The largest absolute Gasteiger partial charge is 0.392 e. The smallest absolute Gasteiger partial charge is 0.0850 e. The van der Waals surface area contributed by atoms with E-state index < -0.39 is 0 Å². The Balaban J connectivity index is 2.10. The average molecular weight is 321 g/mol. The molecule has 1 N–H and O–H groups in total. The summed E-state index contributed by atoms with van der Waals surface area (Å²) in [5, 5.41) is 16.4. The second-order valence-electron chi connectivity index (χ2n) is 4.87. The molecular weight excluding hydrogens is 300 g/mol. The summed E-state index contributed by atoms with van der Waals surface area (Å²) in [6.45, 7) is 4.25. The van der Waals surface area contributed by atoms with Crippen molar-refractivity contribution in [3.8, 4) is 0 Å². The Hall–Kier alpha value is 0.160. The summed E-state index contributed by atoms with van der Waals surface area (Å²) in [7, 11) is 1.90. The standard InChI is InChI=1S/C13H21ClN2OS2/c1-4-9-12(14)10(16(3)15-9)7-11(17)13-8(2)18-5-6-19-13/h8,11,13,17H,4-7H2,1-3H3. The Morgan fingerprint density at radius 2 is 2.16 bits per heavy atom. The topological polar surface area (TPSA) is 38.0 Å². The Labute approximate surface area is 128 Å². The lowest BCUT2D eigenvalue weighted by molar-refractivity contribution is 0.169. The fourth-order valence-electron chi connectivity index (χ4n) is 2.43. The highest BCUT2D eigenvalue weighted by atomic mass is 35.5. The summed E-state index contributed by atoms with van der Waals surface area (Å²) in [5.41, 5.74) is 1.87. The van der Waals surface area contributed by atoms with Gasteiger partial charge in [-0.25, -0.2) is 0 Å². The molecule has 2 rings (SSSR count). The summed E-state index contributed by atoms with van der Waals surface area (Å²) >= 11 is 10.2. The number of hydrogen-bond donors (Lipinski definition) is 1. The van der Waals surface area contributed by atoms with Gasteiger partial charge in [0.25, 0.3) is 0 Å². The van der Waals surface area contributed by atoms with E-state index in [1.54, 1.807) is 0 Å². The minimum Gasteiger partial charge on any atom is -0.392 e. The van der Waals surface area contributed by atoms with Crippen molar-refractivity contribution in [2.24, 2.45) is 7.05 Å². The molecule has 0 spiro atoms. The summed E-state index contributed by atoms with van der Waals surface area (Å²) in [5.74, 6) is 2.30. The fraction of sp³-hybridized carbons (Fsp3) is 0.769. The number of rotatable bonds is 4. The lowest BCUT2D eigenvalue weighted by atomic mass is 10.1. The van der Waals surface area contributed by atoms with E-state index in [0.29, 0.717) is 11.7 Å². The van der Waals surface area contributed by atoms with Crippen molar-refractivity contribution in [2.45, 2.75) is 43.3 Å². The molecule has 6 heteroatoms. The van der Waals surface area contributed by atoms with Crippen molar-refractivity contribution in [1.29, 1.82) is 0 Å². The molecule has 108 valence electrons. The molecular formula is C13H21ClN2OS2. The molecule has 3 unspecified atom stereocenters. The number of halogens is 1. The van der Waals surface area contributed by atoms with Gasteiger partial charge in [-0.1, -0.05) is 25.4 Å². The summed E-state index contributed by atoms with van der Waals surface area (Å²) in [6.07, 6.45) is 1.06. The van der Waals surface area contributed by atoms with Crippen molar-refractivity contribution >= 4 is 35.1 Å². The van der Waals surface area contributed by atoms with Gasteiger partial charge in [0, 0.05) is 35.5 Å². The first kappa shape index (κ1) is 15.5. The van der Waals surface area contributed by atoms with Gasteiger partial charge < -0.3 is 5.11 Å². The molecule has 0 radical (unpaired) electrons. The van der Waals surface area contributed by atoms with Crippen LogP contribution in [0.4, 0.5) is 0 Å². The Kier molecular flexibility index (Phi) is 5.52. The van der Waals surface area contributed by atoms with E-state index in [-0.39, 0.29) is 11.4 Å². The molecule has 19 heavy (non-hydrogen) atoms. The first-order chi connectivity index (χ1) is 9.04. The van der Waals surface area contributed by atoms with Crippen LogP contribution in [0, 0.1) is 0 Å². The van der Waals surface area contributed by atoms with Crippen LogP contribution in [0.1, 0.15) is 25.2 Å². The van der Waals surface area contributed by atoms with E-state index in [1.165, 1.54) is 5.75 Å². The highest BCUT2D eigenvalue weighted by Gasteiger charge is 2.30. The van der Waals surface area contributed by atoms with Crippen LogP contribution in [0.2, 0.25) is 5.02 Å². The van der Waals surface area contributed by atoms with Crippen molar-refractivity contribution in [3.05, 3.63) is 16.4 Å². The molecule has 1 aromatic heterocycles. The Morgan fingerprint density at radius 1 is 1.47 bits per heavy atom. The molecule has 0 aromatic carbocycles. The Morgan fingerprint density at radius 3 is 2.74 bits per heavy atom. The first-order valence-corrected chi connectivity index (χ1v) is 9.13. The second kappa shape index (κ2) is 6.74. The Bertz CT molecular complexity index is 439. The number of aliphatic hydroxyl groups is 1. The van der Waals surface area contributed by atoms with Crippen LogP contribution in [0.25, 0.3) is 0 Å². The van der Waals surface area contributed by atoms with Gasteiger partial charge in [-0.05, 0) is 6.42 Å². The lowest BCUT2D eigenvalue weighted by Crippen LogP contribution is -2.36. The van der Waals surface area contributed by atoms with Gasteiger partial charge in [-0.2, -0.15) is 28.6 Å². The van der Waals surface area contributed by atoms with Crippen molar-refractivity contribution in [2.75, 3.05) is 11.5 Å². The van der Waals surface area contributed by atoms with Gasteiger partial charge in [0.2, 0.25) is 0 Å². The maximum absolute atomic E-state index is 10.5. The number of thioether (sulfide) groups is 2. The van der Waals surface area contributed by atoms with Crippen LogP contribution in [-0.2, 0) is 19.9 Å². The molecule has 3 nitrogen and oxygen atoms in total. The molecule has 0 amide bonds. The van der Waals surface area contributed by atoms with E-state index in [9.17, 15) is 5.11 Å². The van der Waals surface area contributed by atoms with Crippen molar-refractivity contribution in [1.82, 2.24) is 9.78 Å². The molecule has 0 saturated carbocycles. The fourth-order valence-corrected chi connectivity index (χ4v) is 5.64. The normalized spacial score (nSPS) is 25.5. The van der Waals surface area contributed by atoms with Gasteiger partial charge in [0.1, 0.15) is 0 Å². The van der Waals surface area contributed by atoms with Gasteiger partial charge >= 0.3 is 0 Å². The number of nitrogens with zero attached hydrogens (tertiary/aromatic N) is 2. The SMILES string of the molecule is CCc1nn(C)c(CC(O)C2SCCSC2C)c1Cl. The van der Waals surface area contributed by atoms with E-state index in [4.69, 9.17) is 11.6 Å². The zero-order chi connectivity index (χ0) is 14.0. The predicted octanol–water partition coefficient (Wildman–Crippen LogP) is 2.78. The molecule has 1 saturated heterocycles. The molecule has 0 bridgehead atoms. The van der Waals surface area contributed by atoms with Gasteiger partial charge in [0.05, 0.1) is 22.5 Å². The van der Waals surface area contributed by atoms with Gasteiger partial charge in [-0.15, -0.1) is 0 Å². The third-order valence-corrected chi connectivity index (χ3v) is 7.19. The molecule has 2 heterocycles. The highest BCUT2D eigenvalue weighted by molar-refractivity contribution is 8.07. The summed E-state index contributed by atoms with van der Waals surface area (Å²) in [4.78, 5) is 0. The van der Waals surface area contributed by atoms with E-state index in [2.05, 4.69) is 12.0 Å². The predicted molar refractivity (Wildman–Crippen MR) is 85.5 cm³/mol. The third kappa shape index (κ3) is 3.43. The van der Waals surface area contributed by atoms with Crippen LogP contribution < -0.4 is 0 Å². The highest BCUT2D eigenvalue weighted by Crippen LogP contribution is 2.34. The first-order valence-electron chi connectivity index (χ1n) is 6.66. The molecule has 3 atom stereocenters. The summed E-state index contributed by atoms with van der Waals surface area (Å²) < 4.78 is 1.82. The molecule has 1 aliphatic heterocycles. The van der Waals surface area contributed by atoms with E-state index >= 15 is 0 Å². The lowest BCUT2D eigenvalue weighted by Gasteiger charge is -2.31. The van der Waals surface area contributed by atoms with Crippen LogP contribution in [-0.4, -0.2) is 43.0 Å². The van der Waals surface area contributed by atoms with E-state index in [0.717, 1.165) is 28.6 Å². The van der Waals surface area contributed by atoms with Gasteiger partial charge in [-0.3, -0.25) is 4.68 Å².